The topological polar surface area (TPSA) is 89.8 Å². The normalized spacial score (nSPS) is 10.6. The lowest BCUT2D eigenvalue weighted by atomic mass is 10.1. The van der Waals surface area contributed by atoms with Crippen LogP contribution in [0.1, 0.15) is 36.5 Å². The van der Waals surface area contributed by atoms with Crippen molar-refractivity contribution in [3.05, 3.63) is 40.7 Å². The minimum Gasteiger partial charge on any atom is -0.506 e. The molecule has 1 amide bonds. The van der Waals surface area contributed by atoms with Crippen LogP contribution in [0, 0.1) is 0 Å². The van der Waals surface area contributed by atoms with Crippen molar-refractivity contribution < 1.29 is 19.4 Å². The monoisotopic (exact) mass is 374 g/mol. The third-order valence-electron chi connectivity index (χ3n) is 4.35. The number of benzene rings is 1. The highest BCUT2D eigenvalue weighted by molar-refractivity contribution is 6.03. The minimum absolute atomic E-state index is 0.182. The molecule has 0 fully saturated rings. The summed E-state index contributed by atoms with van der Waals surface area (Å²) in [6.45, 7) is 6.35. The van der Waals surface area contributed by atoms with E-state index in [1.165, 1.54) is 18.8 Å². The molecule has 1 heterocycles. The fourth-order valence-electron chi connectivity index (χ4n) is 2.94. The molecule has 0 saturated carbocycles. The summed E-state index contributed by atoms with van der Waals surface area (Å²) in [5.41, 5.74) is -0.439. The summed E-state index contributed by atoms with van der Waals surface area (Å²) < 4.78 is 11.9. The summed E-state index contributed by atoms with van der Waals surface area (Å²) in [5.74, 6) is -0.163. The van der Waals surface area contributed by atoms with Gasteiger partial charge >= 0.3 is 0 Å². The Morgan fingerprint density at radius 2 is 1.93 bits per heavy atom. The lowest BCUT2D eigenvalue weighted by molar-refractivity contribution is 0.0948. The van der Waals surface area contributed by atoms with Crippen LogP contribution < -0.4 is 20.3 Å². The fourth-order valence-corrected chi connectivity index (χ4v) is 2.94. The number of hydrogen-bond acceptors (Lipinski definition) is 5. The summed E-state index contributed by atoms with van der Waals surface area (Å²) in [4.78, 5) is 25.5. The number of fused-ring (bicyclic) bond motifs is 1. The summed E-state index contributed by atoms with van der Waals surface area (Å²) in [6.07, 6.45) is 4.35. The predicted molar refractivity (Wildman–Crippen MR) is 105 cm³/mol. The molecule has 0 spiro atoms. The Hall–Kier alpha value is -2.96. The third kappa shape index (κ3) is 4.07. The first-order valence-electron chi connectivity index (χ1n) is 8.90. The number of rotatable bonds is 9. The molecule has 0 unspecified atom stereocenters. The van der Waals surface area contributed by atoms with Gasteiger partial charge in [0, 0.05) is 24.5 Å². The van der Waals surface area contributed by atoms with E-state index in [0.717, 1.165) is 19.3 Å². The number of aromatic nitrogens is 1. The van der Waals surface area contributed by atoms with Gasteiger partial charge in [-0.3, -0.25) is 9.59 Å². The fraction of sp³-hybridized carbons (Fsp3) is 0.400. The molecular formula is C20H26N2O5. The summed E-state index contributed by atoms with van der Waals surface area (Å²) in [6, 6.07) is 3.15. The molecule has 0 radical (unpaired) electrons. The van der Waals surface area contributed by atoms with E-state index in [2.05, 4.69) is 18.8 Å². The predicted octanol–water partition coefficient (Wildman–Crippen LogP) is 2.83. The largest absolute Gasteiger partial charge is 0.506 e. The van der Waals surface area contributed by atoms with Crippen LogP contribution in [0.2, 0.25) is 0 Å². The molecule has 0 aliphatic rings. The van der Waals surface area contributed by atoms with Crippen LogP contribution in [-0.4, -0.2) is 36.3 Å². The first kappa shape index (κ1) is 20.4. The Kier molecular flexibility index (Phi) is 6.87. The summed E-state index contributed by atoms with van der Waals surface area (Å²) in [5, 5.41) is 13.7. The smallest absolute Gasteiger partial charge is 0.268 e. The maximum absolute atomic E-state index is 12.9. The zero-order valence-corrected chi connectivity index (χ0v) is 16.0. The number of nitrogens with one attached hydrogen (secondary N) is 1. The molecule has 0 atom stereocenters. The Labute approximate surface area is 158 Å². The van der Waals surface area contributed by atoms with Gasteiger partial charge in [-0.2, -0.15) is 0 Å². The number of allylic oxidation sites excluding steroid dienone is 1. The Balaban J connectivity index is 2.66. The number of ether oxygens (including phenoxy) is 2. The van der Waals surface area contributed by atoms with Crippen molar-refractivity contribution in [3.8, 4) is 17.2 Å². The number of aromatic hydroxyl groups is 1. The summed E-state index contributed by atoms with van der Waals surface area (Å²) >= 11 is 0. The Morgan fingerprint density at radius 1 is 1.26 bits per heavy atom. The number of nitrogens with zero attached hydrogens (tertiary/aromatic N) is 1. The van der Waals surface area contributed by atoms with E-state index in [1.54, 1.807) is 18.2 Å². The number of pyridine rings is 1. The van der Waals surface area contributed by atoms with E-state index in [-0.39, 0.29) is 17.9 Å². The van der Waals surface area contributed by atoms with Crippen molar-refractivity contribution in [1.29, 1.82) is 0 Å². The van der Waals surface area contributed by atoms with Crippen LogP contribution in [-0.2, 0) is 6.54 Å². The molecule has 7 heteroatoms. The first-order chi connectivity index (χ1) is 13.0. The molecule has 2 N–H and O–H groups in total. The molecule has 2 rings (SSSR count). The van der Waals surface area contributed by atoms with Gasteiger partial charge in [0.2, 0.25) is 0 Å². The molecule has 1 aromatic carbocycles. The van der Waals surface area contributed by atoms with Gasteiger partial charge in [0.25, 0.3) is 11.5 Å². The second-order valence-corrected chi connectivity index (χ2v) is 6.12. The van der Waals surface area contributed by atoms with Gasteiger partial charge in [0.1, 0.15) is 11.3 Å². The molecule has 146 valence electrons. The molecule has 0 aliphatic heterocycles. The lowest BCUT2D eigenvalue weighted by Crippen LogP contribution is -2.33. The number of carbonyl (C=O) groups excluding carboxylic acids is 1. The molecule has 7 nitrogen and oxygen atoms in total. The highest BCUT2D eigenvalue weighted by atomic mass is 16.5. The number of amides is 1. The molecule has 2 aromatic rings. The second kappa shape index (κ2) is 9.12. The van der Waals surface area contributed by atoms with Crippen LogP contribution in [0.25, 0.3) is 10.9 Å². The van der Waals surface area contributed by atoms with Crippen LogP contribution in [0.5, 0.6) is 17.2 Å². The van der Waals surface area contributed by atoms with Crippen molar-refractivity contribution in [2.24, 2.45) is 0 Å². The lowest BCUT2D eigenvalue weighted by Gasteiger charge is -2.16. The quantitative estimate of drug-likeness (QED) is 0.520. The number of methoxy groups -OCH3 is 2. The van der Waals surface area contributed by atoms with Crippen molar-refractivity contribution in [2.45, 2.75) is 32.7 Å². The maximum Gasteiger partial charge on any atom is 0.268 e. The van der Waals surface area contributed by atoms with Crippen LogP contribution in [0.15, 0.2) is 29.6 Å². The summed E-state index contributed by atoms with van der Waals surface area (Å²) in [7, 11) is 2.96. The molecule has 1 aromatic heterocycles. The van der Waals surface area contributed by atoms with E-state index in [4.69, 9.17) is 9.47 Å². The van der Waals surface area contributed by atoms with Gasteiger partial charge in [-0.1, -0.05) is 25.8 Å². The first-order valence-corrected chi connectivity index (χ1v) is 8.90. The van der Waals surface area contributed by atoms with Gasteiger partial charge < -0.3 is 24.5 Å². The molecule has 27 heavy (non-hydrogen) atoms. The van der Waals surface area contributed by atoms with Gasteiger partial charge in [-0.05, 0) is 12.5 Å². The van der Waals surface area contributed by atoms with Gasteiger partial charge in [0.05, 0.1) is 19.7 Å². The average molecular weight is 374 g/mol. The van der Waals surface area contributed by atoms with Gasteiger partial charge in [-0.25, -0.2) is 0 Å². The molecule has 0 saturated heterocycles. The average Bonchev–Trinajstić information content (AvgIpc) is 2.67. The highest BCUT2D eigenvalue weighted by Crippen LogP contribution is 2.36. The van der Waals surface area contributed by atoms with Crippen LogP contribution in [0.3, 0.4) is 0 Å². The maximum atomic E-state index is 12.9. The Morgan fingerprint density at radius 3 is 2.52 bits per heavy atom. The van der Waals surface area contributed by atoms with Crippen molar-refractivity contribution >= 4 is 16.8 Å². The van der Waals surface area contributed by atoms with Crippen LogP contribution in [0.4, 0.5) is 0 Å². The number of carbonyl (C=O) groups is 1. The van der Waals surface area contributed by atoms with Crippen LogP contribution >= 0.6 is 0 Å². The second-order valence-electron chi connectivity index (χ2n) is 6.12. The highest BCUT2D eigenvalue weighted by Gasteiger charge is 2.23. The molecule has 0 aliphatic carbocycles. The van der Waals surface area contributed by atoms with E-state index in [1.807, 2.05) is 0 Å². The zero-order valence-electron chi connectivity index (χ0n) is 16.0. The third-order valence-corrected chi connectivity index (χ3v) is 4.35. The standard InChI is InChI=1S/C20H26N2O5/c1-5-7-8-9-21-19(24)17-18(23)13-11-15(26-3)16(27-4)12-14(13)22(10-6-2)20(17)25/h6,11-12,23H,2,5,7-10H2,1,3-4H3,(H,21,24). The van der Waals surface area contributed by atoms with E-state index in [0.29, 0.717) is 28.9 Å². The number of unbranched alkanes of at least 4 members (excludes halogenated alkanes) is 2. The minimum atomic E-state index is -0.594. The SMILES string of the molecule is C=CCn1c(=O)c(C(=O)NCCCCC)c(O)c2cc(OC)c(OC)cc21. The van der Waals surface area contributed by atoms with Crippen molar-refractivity contribution in [1.82, 2.24) is 9.88 Å². The molecular weight excluding hydrogens is 348 g/mol. The Bertz CT molecular complexity index is 902. The number of hydrogen-bond donors (Lipinski definition) is 2. The van der Waals surface area contributed by atoms with E-state index < -0.39 is 11.5 Å². The van der Waals surface area contributed by atoms with E-state index >= 15 is 0 Å². The van der Waals surface area contributed by atoms with E-state index in [9.17, 15) is 14.7 Å². The molecule has 0 bridgehead atoms. The zero-order chi connectivity index (χ0) is 20.0. The van der Waals surface area contributed by atoms with Crippen molar-refractivity contribution in [3.63, 3.8) is 0 Å². The van der Waals surface area contributed by atoms with Gasteiger partial charge in [-0.15, -0.1) is 6.58 Å². The van der Waals surface area contributed by atoms with Gasteiger partial charge in [0.15, 0.2) is 11.5 Å². The van der Waals surface area contributed by atoms with Crippen molar-refractivity contribution in [2.75, 3.05) is 20.8 Å².